The monoisotopic (exact) mass is 325 g/mol. The largest absolute Gasteiger partial charge is 0.314 e. The third-order valence-electron chi connectivity index (χ3n) is 3.90. The van der Waals surface area contributed by atoms with Crippen LogP contribution in [0, 0.1) is 5.92 Å². The van der Waals surface area contributed by atoms with Crippen LogP contribution in [0.1, 0.15) is 39.5 Å². The number of rotatable bonds is 9. The van der Waals surface area contributed by atoms with Crippen molar-refractivity contribution in [3.8, 4) is 0 Å². The SMILES string of the molecule is CCCNC(CCCS(=O)(=O)CC)C1CCS(=O)(=O)C1. The van der Waals surface area contributed by atoms with Crippen molar-refractivity contribution in [2.75, 3.05) is 29.6 Å². The van der Waals surface area contributed by atoms with Gasteiger partial charge in [-0.05, 0) is 38.1 Å². The zero-order valence-electron chi connectivity index (χ0n) is 12.5. The van der Waals surface area contributed by atoms with Crippen LogP contribution in [0.15, 0.2) is 0 Å². The summed E-state index contributed by atoms with van der Waals surface area (Å²) in [6.07, 6.45) is 3.03. The highest BCUT2D eigenvalue weighted by molar-refractivity contribution is 7.91. The lowest BCUT2D eigenvalue weighted by Gasteiger charge is -2.24. The molecule has 0 amide bonds. The zero-order valence-corrected chi connectivity index (χ0v) is 14.1. The van der Waals surface area contributed by atoms with Crippen LogP contribution in [0.25, 0.3) is 0 Å². The summed E-state index contributed by atoms with van der Waals surface area (Å²) >= 11 is 0. The van der Waals surface area contributed by atoms with Crippen molar-refractivity contribution < 1.29 is 16.8 Å². The highest BCUT2D eigenvalue weighted by atomic mass is 32.2. The van der Waals surface area contributed by atoms with Gasteiger partial charge >= 0.3 is 0 Å². The van der Waals surface area contributed by atoms with Crippen LogP contribution in [0.5, 0.6) is 0 Å². The van der Waals surface area contributed by atoms with E-state index in [0.717, 1.165) is 19.4 Å². The van der Waals surface area contributed by atoms with E-state index in [0.29, 0.717) is 12.8 Å². The van der Waals surface area contributed by atoms with Gasteiger partial charge in [0.15, 0.2) is 9.84 Å². The van der Waals surface area contributed by atoms with Crippen LogP contribution < -0.4 is 5.32 Å². The number of hydrogen-bond acceptors (Lipinski definition) is 5. The molecule has 0 aromatic heterocycles. The molecule has 0 aromatic rings. The van der Waals surface area contributed by atoms with E-state index in [1.54, 1.807) is 6.92 Å². The third-order valence-corrected chi connectivity index (χ3v) is 7.49. The third kappa shape index (κ3) is 6.10. The molecule has 1 N–H and O–H groups in total. The van der Waals surface area contributed by atoms with E-state index < -0.39 is 19.7 Å². The Kier molecular flexibility index (Phi) is 6.94. The molecule has 1 rings (SSSR count). The van der Waals surface area contributed by atoms with Gasteiger partial charge in [-0.15, -0.1) is 0 Å². The molecule has 1 saturated heterocycles. The van der Waals surface area contributed by atoms with Gasteiger partial charge in [0.05, 0.1) is 17.3 Å². The maximum atomic E-state index is 11.6. The Morgan fingerprint density at radius 3 is 2.50 bits per heavy atom. The molecule has 2 unspecified atom stereocenters. The summed E-state index contributed by atoms with van der Waals surface area (Å²) in [5, 5.41) is 3.39. The lowest BCUT2D eigenvalue weighted by molar-refractivity contribution is 0.359. The van der Waals surface area contributed by atoms with E-state index in [2.05, 4.69) is 12.2 Å². The molecule has 0 saturated carbocycles. The Morgan fingerprint density at radius 2 is 2.00 bits per heavy atom. The fourth-order valence-electron chi connectivity index (χ4n) is 2.64. The first kappa shape index (κ1) is 17.9. The maximum Gasteiger partial charge on any atom is 0.150 e. The first-order valence-electron chi connectivity index (χ1n) is 7.44. The van der Waals surface area contributed by atoms with Crippen molar-refractivity contribution in [3.05, 3.63) is 0 Å². The second-order valence-electron chi connectivity index (χ2n) is 5.60. The van der Waals surface area contributed by atoms with Gasteiger partial charge in [-0.2, -0.15) is 0 Å². The highest BCUT2D eigenvalue weighted by Gasteiger charge is 2.33. The molecule has 20 heavy (non-hydrogen) atoms. The molecule has 5 nitrogen and oxygen atoms in total. The predicted molar refractivity (Wildman–Crippen MR) is 82.4 cm³/mol. The summed E-state index contributed by atoms with van der Waals surface area (Å²) in [5.41, 5.74) is 0. The summed E-state index contributed by atoms with van der Waals surface area (Å²) in [4.78, 5) is 0. The minimum Gasteiger partial charge on any atom is -0.314 e. The molecule has 0 aromatic carbocycles. The van der Waals surface area contributed by atoms with Gasteiger partial charge in [-0.1, -0.05) is 13.8 Å². The topological polar surface area (TPSA) is 80.3 Å². The van der Waals surface area contributed by atoms with Crippen molar-refractivity contribution in [2.24, 2.45) is 5.92 Å². The Hall–Kier alpha value is -0.140. The number of sulfone groups is 2. The van der Waals surface area contributed by atoms with Crippen molar-refractivity contribution in [3.63, 3.8) is 0 Å². The first-order valence-corrected chi connectivity index (χ1v) is 11.1. The first-order chi connectivity index (χ1) is 9.29. The smallest absolute Gasteiger partial charge is 0.150 e. The minimum absolute atomic E-state index is 0.124. The summed E-state index contributed by atoms with van der Waals surface area (Å²) in [7, 11) is -5.81. The van der Waals surface area contributed by atoms with Crippen molar-refractivity contribution in [1.29, 1.82) is 0 Å². The van der Waals surface area contributed by atoms with Crippen LogP contribution >= 0.6 is 0 Å². The average molecular weight is 325 g/mol. The summed E-state index contributed by atoms with van der Waals surface area (Å²) in [6.45, 7) is 4.57. The van der Waals surface area contributed by atoms with E-state index in [9.17, 15) is 16.8 Å². The molecule has 1 aliphatic heterocycles. The quantitative estimate of drug-likeness (QED) is 0.684. The lowest BCUT2D eigenvalue weighted by Crippen LogP contribution is -2.37. The average Bonchev–Trinajstić information content (AvgIpc) is 2.74. The minimum atomic E-state index is -2.93. The van der Waals surface area contributed by atoms with Crippen LogP contribution in [0.3, 0.4) is 0 Å². The molecule has 2 atom stereocenters. The van der Waals surface area contributed by atoms with E-state index in [1.807, 2.05) is 0 Å². The molecule has 120 valence electrons. The standard InChI is InChI=1S/C13H27NO4S2/c1-3-8-14-13(6-5-9-19(15,16)4-2)12-7-10-20(17,18)11-12/h12-14H,3-11H2,1-2H3. The maximum absolute atomic E-state index is 11.6. The molecule has 1 aliphatic rings. The van der Waals surface area contributed by atoms with E-state index in [1.165, 1.54) is 0 Å². The van der Waals surface area contributed by atoms with Crippen LogP contribution in [0.4, 0.5) is 0 Å². The number of hydrogen-bond donors (Lipinski definition) is 1. The van der Waals surface area contributed by atoms with E-state index >= 15 is 0 Å². The lowest BCUT2D eigenvalue weighted by atomic mass is 9.95. The molecule has 0 spiro atoms. The molecule has 0 aliphatic carbocycles. The molecule has 1 fully saturated rings. The van der Waals surface area contributed by atoms with Gasteiger partial charge in [0.1, 0.15) is 9.84 Å². The fourth-order valence-corrected chi connectivity index (χ4v) is 5.42. The van der Waals surface area contributed by atoms with Gasteiger partial charge in [-0.25, -0.2) is 16.8 Å². The van der Waals surface area contributed by atoms with Crippen molar-refractivity contribution >= 4 is 19.7 Å². The van der Waals surface area contributed by atoms with Crippen LogP contribution in [-0.4, -0.2) is 52.4 Å². The Labute approximate surface area is 123 Å². The normalized spacial score (nSPS) is 23.8. The molecular formula is C13H27NO4S2. The molecular weight excluding hydrogens is 298 g/mol. The zero-order chi connectivity index (χ0) is 15.2. The van der Waals surface area contributed by atoms with Crippen molar-refractivity contribution in [2.45, 2.75) is 45.6 Å². The van der Waals surface area contributed by atoms with E-state index in [4.69, 9.17) is 0 Å². The second kappa shape index (κ2) is 7.75. The molecule has 1 heterocycles. The van der Waals surface area contributed by atoms with E-state index in [-0.39, 0.29) is 35.0 Å². The summed E-state index contributed by atoms with van der Waals surface area (Å²) in [6, 6.07) is 0.124. The van der Waals surface area contributed by atoms with Crippen LogP contribution in [-0.2, 0) is 19.7 Å². The fraction of sp³-hybridized carbons (Fsp3) is 1.00. The number of nitrogens with one attached hydrogen (secondary N) is 1. The second-order valence-corrected chi connectivity index (χ2v) is 10.3. The van der Waals surface area contributed by atoms with Gasteiger partial charge in [-0.3, -0.25) is 0 Å². The predicted octanol–water partition coefficient (Wildman–Crippen LogP) is 1.00. The Balaban J connectivity index is 2.52. The van der Waals surface area contributed by atoms with Gasteiger partial charge in [0, 0.05) is 11.8 Å². The Bertz CT molecular complexity index is 485. The summed E-state index contributed by atoms with van der Waals surface area (Å²) < 4.78 is 46.2. The van der Waals surface area contributed by atoms with Gasteiger partial charge < -0.3 is 5.32 Å². The molecule has 0 bridgehead atoms. The molecule has 7 heteroatoms. The molecule has 0 radical (unpaired) electrons. The highest BCUT2D eigenvalue weighted by Crippen LogP contribution is 2.24. The summed E-state index contributed by atoms with van der Waals surface area (Å²) in [5.74, 6) is 1.03. The van der Waals surface area contributed by atoms with Gasteiger partial charge in [0.2, 0.25) is 0 Å². The van der Waals surface area contributed by atoms with Crippen LogP contribution in [0.2, 0.25) is 0 Å². The van der Waals surface area contributed by atoms with Crippen molar-refractivity contribution in [1.82, 2.24) is 5.32 Å². The van der Waals surface area contributed by atoms with Gasteiger partial charge in [0.25, 0.3) is 0 Å². The Morgan fingerprint density at radius 1 is 1.30 bits per heavy atom.